The van der Waals surface area contributed by atoms with Gasteiger partial charge in [-0.25, -0.2) is 13.8 Å². The third-order valence-corrected chi connectivity index (χ3v) is 3.00. The van der Waals surface area contributed by atoms with Crippen molar-refractivity contribution in [2.75, 3.05) is 24.3 Å². The number of anilines is 3. The zero-order valence-electron chi connectivity index (χ0n) is 11.5. The third kappa shape index (κ3) is 3.52. The molecule has 0 unspecified atom stereocenters. The third-order valence-electron chi connectivity index (χ3n) is 2.69. The van der Waals surface area contributed by atoms with E-state index < -0.39 is 11.6 Å². The Hall–Kier alpha value is -2.08. The molecule has 0 aliphatic carbocycles. The molecule has 0 bridgehead atoms. The van der Waals surface area contributed by atoms with Crippen LogP contribution in [0.2, 0.25) is 5.02 Å². The Labute approximate surface area is 126 Å². The van der Waals surface area contributed by atoms with E-state index in [2.05, 4.69) is 15.6 Å². The fraction of sp³-hybridized carbons (Fsp3) is 0.214. The lowest BCUT2D eigenvalue weighted by atomic mass is 10.3. The summed E-state index contributed by atoms with van der Waals surface area (Å²) >= 11 is 5.92. The molecule has 1 aromatic carbocycles. The smallest absolute Gasteiger partial charge is 0.169 e. The zero-order valence-corrected chi connectivity index (χ0v) is 12.3. The minimum atomic E-state index is -0.789. The molecule has 2 aromatic rings. The monoisotopic (exact) mass is 313 g/mol. The quantitative estimate of drug-likeness (QED) is 0.868. The van der Waals surface area contributed by atoms with Crippen molar-refractivity contribution in [3.8, 4) is 5.75 Å². The van der Waals surface area contributed by atoms with Crippen LogP contribution in [0.4, 0.5) is 26.1 Å². The number of nitrogens with one attached hydrogen (secondary N) is 2. The van der Waals surface area contributed by atoms with E-state index in [0.717, 1.165) is 6.07 Å². The van der Waals surface area contributed by atoms with Crippen LogP contribution in [0.3, 0.4) is 0 Å². The first-order chi connectivity index (χ1) is 10.0. The van der Waals surface area contributed by atoms with Crippen molar-refractivity contribution in [2.24, 2.45) is 0 Å². The first kappa shape index (κ1) is 15.3. The van der Waals surface area contributed by atoms with E-state index in [4.69, 9.17) is 16.3 Å². The van der Waals surface area contributed by atoms with E-state index in [0.29, 0.717) is 23.0 Å². The number of nitrogens with zero attached hydrogens (tertiary/aromatic N) is 1. The van der Waals surface area contributed by atoms with Crippen LogP contribution in [0.5, 0.6) is 5.75 Å². The van der Waals surface area contributed by atoms with Crippen LogP contribution in [0.25, 0.3) is 0 Å². The van der Waals surface area contributed by atoms with Gasteiger partial charge in [-0.2, -0.15) is 0 Å². The lowest BCUT2D eigenvalue weighted by molar-refractivity contribution is 0.415. The summed E-state index contributed by atoms with van der Waals surface area (Å²) in [6.45, 7) is 2.27. The first-order valence-electron chi connectivity index (χ1n) is 6.25. The van der Waals surface area contributed by atoms with Gasteiger partial charge in [0, 0.05) is 24.4 Å². The normalized spacial score (nSPS) is 10.3. The highest BCUT2D eigenvalue weighted by atomic mass is 35.5. The lowest BCUT2D eigenvalue weighted by Crippen LogP contribution is -2.06. The van der Waals surface area contributed by atoms with Crippen LogP contribution >= 0.6 is 11.6 Å². The maximum absolute atomic E-state index is 13.8. The molecule has 0 spiro atoms. The molecule has 2 rings (SSSR count). The molecule has 0 saturated heterocycles. The van der Waals surface area contributed by atoms with Crippen LogP contribution in [0, 0.1) is 11.6 Å². The van der Waals surface area contributed by atoms with Crippen LogP contribution in [0.1, 0.15) is 6.92 Å². The summed E-state index contributed by atoms with van der Waals surface area (Å²) in [7, 11) is 1.48. The average molecular weight is 314 g/mol. The van der Waals surface area contributed by atoms with E-state index in [1.807, 2.05) is 0 Å². The largest absolute Gasteiger partial charge is 0.495 e. The van der Waals surface area contributed by atoms with Gasteiger partial charge in [-0.1, -0.05) is 11.6 Å². The topological polar surface area (TPSA) is 46.2 Å². The van der Waals surface area contributed by atoms with Gasteiger partial charge in [0.2, 0.25) is 0 Å². The summed E-state index contributed by atoms with van der Waals surface area (Å²) in [6, 6.07) is 5.62. The Kier molecular flexibility index (Phi) is 4.80. The van der Waals surface area contributed by atoms with E-state index in [9.17, 15) is 8.78 Å². The number of benzene rings is 1. The number of methoxy groups -OCH3 is 1. The van der Waals surface area contributed by atoms with Gasteiger partial charge < -0.3 is 15.4 Å². The standard InChI is InChI=1S/C14H14ClF2N3O/c1-3-18-13-10(16)7-11(17)14(20-13)19-8-4-5-9(15)12(6-8)21-2/h4-7H,3H2,1-2H3,(H2,18,19,20). The summed E-state index contributed by atoms with van der Waals surface area (Å²) < 4.78 is 32.3. The Balaban J connectivity index is 2.32. The maximum Gasteiger partial charge on any atom is 0.169 e. The van der Waals surface area contributed by atoms with Crippen LogP contribution in [-0.2, 0) is 0 Å². The minimum Gasteiger partial charge on any atom is -0.495 e. The second kappa shape index (κ2) is 6.58. The molecule has 1 aromatic heterocycles. The van der Waals surface area contributed by atoms with Crippen molar-refractivity contribution in [2.45, 2.75) is 6.92 Å². The molecule has 0 aliphatic rings. The maximum atomic E-state index is 13.8. The molecule has 0 saturated carbocycles. The predicted molar refractivity (Wildman–Crippen MR) is 79.6 cm³/mol. The van der Waals surface area contributed by atoms with Gasteiger partial charge in [0.1, 0.15) is 5.75 Å². The van der Waals surface area contributed by atoms with E-state index >= 15 is 0 Å². The van der Waals surface area contributed by atoms with Crippen molar-refractivity contribution in [3.63, 3.8) is 0 Å². The summed E-state index contributed by atoms with van der Waals surface area (Å²) in [5.74, 6) is -1.19. The Morgan fingerprint density at radius 2 is 1.90 bits per heavy atom. The minimum absolute atomic E-state index is 0.0117. The summed E-state index contributed by atoms with van der Waals surface area (Å²) in [4.78, 5) is 3.89. The Bertz CT molecular complexity index is 652. The molecule has 0 fully saturated rings. The number of hydrogen-bond acceptors (Lipinski definition) is 4. The molecule has 0 amide bonds. The summed E-state index contributed by atoms with van der Waals surface area (Å²) in [5.41, 5.74) is 0.525. The molecule has 0 atom stereocenters. The molecule has 7 heteroatoms. The molecule has 112 valence electrons. The number of hydrogen-bond donors (Lipinski definition) is 2. The van der Waals surface area contributed by atoms with Crippen molar-refractivity contribution in [1.29, 1.82) is 0 Å². The summed E-state index contributed by atoms with van der Waals surface area (Å²) in [6.07, 6.45) is 0. The fourth-order valence-corrected chi connectivity index (χ4v) is 1.91. The number of rotatable bonds is 5. The van der Waals surface area contributed by atoms with E-state index in [-0.39, 0.29) is 11.6 Å². The van der Waals surface area contributed by atoms with E-state index in [1.54, 1.807) is 25.1 Å². The van der Waals surface area contributed by atoms with Gasteiger partial charge in [-0.15, -0.1) is 0 Å². The Morgan fingerprint density at radius 1 is 1.19 bits per heavy atom. The molecule has 0 radical (unpaired) electrons. The number of aromatic nitrogens is 1. The SMILES string of the molecule is CCNc1nc(Nc2ccc(Cl)c(OC)c2)c(F)cc1F. The van der Waals surface area contributed by atoms with Gasteiger partial charge >= 0.3 is 0 Å². The molecule has 4 nitrogen and oxygen atoms in total. The van der Waals surface area contributed by atoms with Gasteiger partial charge in [-0.05, 0) is 19.1 Å². The van der Waals surface area contributed by atoms with Gasteiger partial charge in [0.25, 0.3) is 0 Å². The average Bonchev–Trinajstić information content (AvgIpc) is 2.46. The molecular formula is C14H14ClF2N3O. The molecular weight excluding hydrogens is 300 g/mol. The molecule has 21 heavy (non-hydrogen) atoms. The fourth-order valence-electron chi connectivity index (χ4n) is 1.72. The number of pyridine rings is 1. The Morgan fingerprint density at radius 3 is 2.57 bits per heavy atom. The highest BCUT2D eigenvalue weighted by molar-refractivity contribution is 6.32. The number of halogens is 3. The van der Waals surface area contributed by atoms with Crippen LogP contribution < -0.4 is 15.4 Å². The van der Waals surface area contributed by atoms with Crippen molar-refractivity contribution >= 4 is 28.9 Å². The second-order valence-electron chi connectivity index (χ2n) is 4.15. The van der Waals surface area contributed by atoms with E-state index in [1.165, 1.54) is 7.11 Å². The second-order valence-corrected chi connectivity index (χ2v) is 4.56. The van der Waals surface area contributed by atoms with Gasteiger partial charge in [0.15, 0.2) is 23.3 Å². The molecule has 2 N–H and O–H groups in total. The van der Waals surface area contributed by atoms with Gasteiger partial charge in [-0.3, -0.25) is 0 Å². The van der Waals surface area contributed by atoms with Gasteiger partial charge in [0.05, 0.1) is 12.1 Å². The lowest BCUT2D eigenvalue weighted by Gasteiger charge is -2.11. The summed E-state index contributed by atoms with van der Waals surface area (Å²) in [5, 5.41) is 5.93. The zero-order chi connectivity index (χ0) is 15.4. The van der Waals surface area contributed by atoms with Crippen molar-refractivity contribution in [3.05, 3.63) is 40.9 Å². The highest BCUT2D eigenvalue weighted by Crippen LogP contribution is 2.29. The first-order valence-corrected chi connectivity index (χ1v) is 6.63. The van der Waals surface area contributed by atoms with Crippen LogP contribution in [-0.4, -0.2) is 18.6 Å². The van der Waals surface area contributed by atoms with Crippen molar-refractivity contribution in [1.82, 2.24) is 4.98 Å². The van der Waals surface area contributed by atoms with Crippen LogP contribution in [0.15, 0.2) is 24.3 Å². The highest BCUT2D eigenvalue weighted by Gasteiger charge is 2.12. The molecule has 1 heterocycles. The van der Waals surface area contributed by atoms with Crippen molar-refractivity contribution < 1.29 is 13.5 Å². The predicted octanol–water partition coefficient (Wildman–Crippen LogP) is 4.20. The number of ether oxygens (including phenoxy) is 1. The molecule has 0 aliphatic heterocycles.